The van der Waals surface area contributed by atoms with E-state index in [-0.39, 0.29) is 12.3 Å². The van der Waals surface area contributed by atoms with E-state index in [1.807, 2.05) is 110 Å². The van der Waals surface area contributed by atoms with Crippen LogP contribution in [0.3, 0.4) is 0 Å². The number of carbonyl (C=O) groups is 1. The lowest BCUT2D eigenvalue weighted by atomic mass is 10.1. The molecular formula is C47H40N2O2P2. The summed E-state index contributed by atoms with van der Waals surface area (Å²) in [5, 5.41) is 6.50. The highest BCUT2D eigenvalue weighted by Crippen LogP contribution is 2.51. The molecule has 0 aliphatic heterocycles. The van der Waals surface area contributed by atoms with E-state index in [1.54, 1.807) is 0 Å². The third kappa shape index (κ3) is 7.44. The monoisotopic (exact) mass is 726 g/mol. The van der Waals surface area contributed by atoms with Crippen LogP contribution in [0.4, 0.5) is 5.69 Å². The molecule has 6 heteroatoms. The SMILES string of the molecule is CCOC(=O)/C(=C/c1ccccc1N=P(c1ccccc1)(c1ccccc1)c1ccccc1)N=P(c1ccccc1)(c1ccccc1)c1ccccc1. The lowest BCUT2D eigenvalue weighted by molar-refractivity contribution is -0.138. The van der Waals surface area contributed by atoms with Crippen molar-refractivity contribution in [2.45, 2.75) is 6.92 Å². The zero-order valence-corrected chi connectivity index (χ0v) is 31.3. The van der Waals surface area contributed by atoms with Gasteiger partial charge in [0.2, 0.25) is 0 Å². The number of hydrogen-bond donors (Lipinski definition) is 0. The smallest absolute Gasteiger partial charge is 0.356 e. The Hall–Kier alpha value is -5.79. The maximum Gasteiger partial charge on any atom is 0.356 e. The first kappa shape index (κ1) is 35.6. The number of ether oxygens (including phenoxy) is 1. The first-order valence-electron chi connectivity index (χ1n) is 17.7. The van der Waals surface area contributed by atoms with Gasteiger partial charge in [-0.15, -0.1) is 0 Å². The van der Waals surface area contributed by atoms with Gasteiger partial charge in [0.25, 0.3) is 0 Å². The van der Waals surface area contributed by atoms with Crippen LogP contribution in [-0.4, -0.2) is 12.6 Å². The molecule has 0 aromatic heterocycles. The highest BCUT2D eigenvalue weighted by atomic mass is 31.2. The van der Waals surface area contributed by atoms with E-state index in [0.29, 0.717) is 0 Å². The lowest BCUT2D eigenvalue weighted by Gasteiger charge is -2.28. The standard InChI is InChI=1S/C47H40N2O2P2/c1-2-51-47(50)46(49-53(42-30-15-6-16-31-42,43-32-17-7-18-33-43)44-34-19-8-20-35-44)37-38-23-21-22-36-45(38)48-52(39-24-9-3-10-25-39,40-26-11-4-12-27-40)41-28-13-5-14-29-41/h3-37H,2H2,1H3/b46-37-. The number of carbonyl (C=O) groups excluding carboxylic acids is 1. The molecule has 0 unspecified atom stereocenters. The number of esters is 1. The molecule has 7 aromatic rings. The summed E-state index contributed by atoms with van der Waals surface area (Å²) in [5.41, 5.74) is 1.78. The molecule has 0 heterocycles. The van der Waals surface area contributed by atoms with Crippen LogP contribution in [0.5, 0.6) is 0 Å². The van der Waals surface area contributed by atoms with Gasteiger partial charge in [0.15, 0.2) is 0 Å². The first-order valence-corrected chi connectivity index (χ1v) is 21.2. The fourth-order valence-corrected chi connectivity index (χ4v) is 13.7. The van der Waals surface area contributed by atoms with E-state index in [4.69, 9.17) is 14.2 Å². The maximum atomic E-state index is 14.2. The van der Waals surface area contributed by atoms with Gasteiger partial charge in [-0.2, -0.15) is 0 Å². The normalized spacial score (nSPS) is 11.8. The second kappa shape index (κ2) is 16.7. The zero-order chi connectivity index (χ0) is 36.4. The molecular weight excluding hydrogens is 686 g/mol. The Balaban J connectivity index is 1.57. The van der Waals surface area contributed by atoms with Crippen molar-refractivity contribution in [3.8, 4) is 0 Å². The largest absolute Gasteiger partial charge is 0.461 e. The summed E-state index contributed by atoms with van der Waals surface area (Å²) in [7, 11) is -5.40. The molecule has 0 spiro atoms. The number of rotatable bonds is 11. The van der Waals surface area contributed by atoms with Crippen LogP contribution in [0.1, 0.15) is 12.5 Å². The van der Waals surface area contributed by atoms with Crippen LogP contribution in [0, 0.1) is 0 Å². The molecule has 260 valence electrons. The summed E-state index contributed by atoms with van der Waals surface area (Å²) in [6, 6.07) is 70.6. The minimum Gasteiger partial charge on any atom is -0.461 e. The molecule has 0 fully saturated rings. The van der Waals surface area contributed by atoms with Gasteiger partial charge in [-0.1, -0.05) is 200 Å². The molecule has 7 aromatic carbocycles. The average Bonchev–Trinajstić information content (AvgIpc) is 3.24. The predicted octanol–water partition coefficient (Wildman–Crippen LogP) is 9.58. The van der Waals surface area contributed by atoms with Crippen molar-refractivity contribution in [1.29, 1.82) is 0 Å². The van der Waals surface area contributed by atoms with Gasteiger partial charge in [-0.25, -0.2) is 9.54 Å². The Kier molecular flexibility index (Phi) is 11.2. The van der Waals surface area contributed by atoms with Crippen LogP contribution in [-0.2, 0) is 9.53 Å². The van der Waals surface area contributed by atoms with E-state index in [2.05, 4.69) is 109 Å². The molecule has 0 saturated carbocycles. The van der Waals surface area contributed by atoms with Crippen LogP contribution < -0.4 is 31.8 Å². The van der Waals surface area contributed by atoms with E-state index in [9.17, 15) is 4.79 Å². The van der Waals surface area contributed by atoms with Crippen molar-refractivity contribution < 1.29 is 9.53 Å². The fraction of sp³-hybridized carbons (Fsp3) is 0.0426. The molecule has 0 aliphatic rings. The number of nitrogens with zero attached hydrogens (tertiary/aromatic N) is 2. The summed E-state index contributed by atoms with van der Waals surface area (Å²) in [6.45, 7) is 2.04. The summed E-state index contributed by atoms with van der Waals surface area (Å²) >= 11 is 0. The molecule has 0 aliphatic carbocycles. The van der Waals surface area contributed by atoms with Crippen molar-refractivity contribution in [2.24, 2.45) is 9.49 Å². The van der Waals surface area contributed by atoms with Crippen LogP contribution in [0.2, 0.25) is 0 Å². The minimum absolute atomic E-state index is 0.218. The van der Waals surface area contributed by atoms with Gasteiger partial charge >= 0.3 is 5.97 Å². The Morgan fingerprint density at radius 2 is 0.792 bits per heavy atom. The summed E-state index contributed by atoms with van der Waals surface area (Å²) < 4.78 is 17.2. The third-order valence-electron chi connectivity index (χ3n) is 9.01. The molecule has 0 atom stereocenters. The molecule has 53 heavy (non-hydrogen) atoms. The first-order chi connectivity index (χ1) is 26.1. The Bertz CT molecular complexity index is 2210. The van der Waals surface area contributed by atoms with Crippen molar-refractivity contribution in [1.82, 2.24) is 0 Å². The van der Waals surface area contributed by atoms with Crippen molar-refractivity contribution >= 4 is 63.7 Å². The van der Waals surface area contributed by atoms with E-state index < -0.39 is 20.1 Å². The zero-order valence-electron chi connectivity index (χ0n) is 29.5. The van der Waals surface area contributed by atoms with Crippen molar-refractivity contribution in [2.75, 3.05) is 6.61 Å². The maximum absolute atomic E-state index is 14.2. The molecule has 0 bridgehead atoms. The molecule has 0 N–H and O–H groups in total. The van der Waals surface area contributed by atoms with Crippen LogP contribution in [0.25, 0.3) is 6.08 Å². The predicted molar refractivity (Wildman–Crippen MR) is 226 cm³/mol. The minimum atomic E-state index is -2.79. The Morgan fingerprint density at radius 1 is 0.472 bits per heavy atom. The highest BCUT2D eigenvalue weighted by molar-refractivity contribution is 7.88. The van der Waals surface area contributed by atoms with Gasteiger partial charge in [0, 0.05) is 37.4 Å². The van der Waals surface area contributed by atoms with Gasteiger partial charge < -0.3 is 4.74 Å². The number of benzene rings is 7. The molecule has 4 nitrogen and oxygen atoms in total. The molecule has 0 amide bonds. The van der Waals surface area contributed by atoms with Crippen molar-refractivity contribution in [3.63, 3.8) is 0 Å². The van der Waals surface area contributed by atoms with Gasteiger partial charge in [0.05, 0.1) is 26.4 Å². The molecule has 0 radical (unpaired) electrons. The van der Waals surface area contributed by atoms with Crippen molar-refractivity contribution in [3.05, 3.63) is 218 Å². The van der Waals surface area contributed by atoms with E-state index in [1.165, 1.54) is 0 Å². The Morgan fingerprint density at radius 3 is 1.15 bits per heavy atom. The highest BCUT2D eigenvalue weighted by Gasteiger charge is 2.30. The second-order valence-corrected chi connectivity index (χ2v) is 18.3. The Labute approximate surface area is 312 Å². The van der Waals surface area contributed by atoms with Crippen LogP contribution in [0.15, 0.2) is 221 Å². The average molecular weight is 727 g/mol. The van der Waals surface area contributed by atoms with Crippen LogP contribution >= 0.6 is 14.1 Å². The lowest BCUT2D eigenvalue weighted by Crippen LogP contribution is -2.26. The topological polar surface area (TPSA) is 51.0 Å². The van der Waals surface area contributed by atoms with Gasteiger partial charge in [-0.3, -0.25) is 4.74 Å². The summed E-state index contributed by atoms with van der Waals surface area (Å²) in [5.74, 6) is -0.482. The molecule has 0 saturated heterocycles. The van der Waals surface area contributed by atoms with Gasteiger partial charge in [-0.05, 0) is 19.1 Å². The fourth-order valence-electron chi connectivity index (χ4n) is 6.61. The summed E-state index contributed by atoms with van der Waals surface area (Å²) in [4.78, 5) is 14.2. The third-order valence-corrected chi connectivity index (χ3v) is 16.3. The summed E-state index contributed by atoms with van der Waals surface area (Å²) in [6.07, 6.45) is 1.87. The van der Waals surface area contributed by atoms with Gasteiger partial charge in [0.1, 0.15) is 5.70 Å². The molecule has 7 rings (SSSR count). The van der Waals surface area contributed by atoms with E-state index in [0.717, 1.165) is 43.1 Å². The number of hydrogen-bond acceptors (Lipinski definition) is 4. The van der Waals surface area contributed by atoms with E-state index >= 15 is 0 Å². The quantitative estimate of drug-likeness (QED) is 0.0758. The second-order valence-electron chi connectivity index (χ2n) is 12.3.